The Morgan fingerprint density at radius 3 is 2.52 bits per heavy atom. The maximum Gasteiger partial charge on any atom is 0.282 e. The minimum absolute atomic E-state index is 0.224. The molecule has 0 amide bonds. The summed E-state index contributed by atoms with van der Waals surface area (Å²) in [6.07, 6.45) is 1.55. The Labute approximate surface area is 160 Å². The van der Waals surface area contributed by atoms with Crippen LogP contribution in [0.4, 0.5) is 0 Å². The van der Waals surface area contributed by atoms with Crippen LogP contribution in [0.25, 0.3) is 16.6 Å². The minimum atomic E-state index is -0.224. The van der Waals surface area contributed by atoms with Crippen molar-refractivity contribution >= 4 is 28.7 Å². The third kappa shape index (κ3) is 3.04. The van der Waals surface area contributed by atoms with Crippen LogP contribution in [0.15, 0.2) is 64.5 Å². The van der Waals surface area contributed by atoms with E-state index in [2.05, 4.69) is 15.2 Å². The number of fused-ring (bicyclic) bond motifs is 1. The molecular formula is C20H16ClN5O. The highest BCUT2D eigenvalue weighted by atomic mass is 35.5. The predicted molar refractivity (Wildman–Crippen MR) is 107 cm³/mol. The number of para-hydroxylation sites is 2. The Bertz CT molecular complexity index is 1220. The van der Waals surface area contributed by atoms with Gasteiger partial charge in [-0.15, -0.1) is 0 Å². The molecule has 4 rings (SSSR count). The molecule has 27 heavy (non-hydrogen) atoms. The maximum absolute atomic E-state index is 12.7. The van der Waals surface area contributed by atoms with E-state index >= 15 is 0 Å². The van der Waals surface area contributed by atoms with Gasteiger partial charge in [0, 0.05) is 0 Å². The summed E-state index contributed by atoms with van der Waals surface area (Å²) in [5, 5.41) is 9.76. The van der Waals surface area contributed by atoms with E-state index in [4.69, 9.17) is 11.6 Å². The molecule has 0 atom stereocenters. The molecule has 0 aliphatic rings. The van der Waals surface area contributed by atoms with Gasteiger partial charge in [0.05, 0.1) is 34.1 Å². The average Bonchev–Trinajstić information content (AvgIpc) is 2.96. The number of halogens is 1. The molecule has 2 heterocycles. The van der Waals surface area contributed by atoms with Crippen molar-refractivity contribution in [3.63, 3.8) is 0 Å². The van der Waals surface area contributed by atoms with E-state index in [-0.39, 0.29) is 5.56 Å². The highest BCUT2D eigenvalue weighted by Crippen LogP contribution is 2.22. The van der Waals surface area contributed by atoms with Gasteiger partial charge in [0.1, 0.15) is 11.0 Å². The second-order valence-electron chi connectivity index (χ2n) is 6.07. The number of hydrogen-bond acceptors (Lipinski definition) is 4. The van der Waals surface area contributed by atoms with Crippen LogP contribution in [-0.4, -0.2) is 25.7 Å². The van der Waals surface area contributed by atoms with Gasteiger partial charge in [-0.1, -0.05) is 41.9 Å². The fourth-order valence-corrected chi connectivity index (χ4v) is 3.21. The van der Waals surface area contributed by atoms with Crippen LogP contribution in [0, 0.1) is 13.8 Å². The van der Waals surface area contributed by atoms with E-state index in [0.717, 1.165) is 5.69 Å². The molecule has 6 nitrogen and oxygen atoms in total. The van der Waals surface area contributed by atoms with Crippen LogP contribution >= 0.6 is 11.6 Å². The summed E-state index contributed by atoms with van der Waals surface area (Å²) in [7, 11) is 0. The number of aromatic nitrogens is 4. The van der Waals surface area contributed by atoms with E-state index in [1.54, 1.807) is 30.0 Å². The van der Waals surface area contributed by atoms with Gasteiger partial charge >= 0.3 is 0 Å². The Balaban J connectivity index is 1.80. The van der Waals surface area contributed by atoms with E-state index in [9.17, 15) is 4.79 Å². The summed E-state index contributed by atoms with van der Waals surface area (Å²) in [5.41, 5.74) is 2.65. The minimum Gasteiger partial charge on any atom is -0.267 e. The molecule has 0 aliphatic heterocycles. The maximum atomic E-state index is 12.7. The Hall–Kier alpha value is -3.25. The lowest BCUT2D eigenvalue weighted by Gasteiger charge is -2.05. The lowest BCUT2D eigenvalue weighted by molar-refractivity contribution is 0.771. The number of aryl methyl sites for hydroxylation is 2. The van der Waals surface area contributed by atoms with Crippen molar-refractivity contribution in [3.8, 4) is 5.69 Å². The first-order valence-electron chi connectivity index (χ1n) is 8.39. The van der Waals surface area contributed by atoms with Gasteiger partial charge in [0.2, 0.25) is 0 Å². The quantitative estimate of drug-likeness (QED) is 0.511. The zero-order chi connectivity index (χ0) is 19.0. The number of rotatable bonds is 3. The van der Waals surface area contributed by atoms with Gasteiger partial charge in [-0.25, -0.2) is 9.67 Å². The summed E-state index contributed by atoms with van der Waals surface area (Å²) in [4.78, 5) is 17.2. The zero-order valence-corrected chi connectivity index (χ0v) is 15.6. The SMILES string of the molecule is Cc1nn(-c2ccccc2)c(Cl)c1C=Nn1c(C)nc2ccccc2c1=O. The fourth-order valence-electron chi connectivity index (χ4n) is 2.88. The van der Waals surface area contributed by atoms with E-state index < -0.39 is 0 Å². The van der Waals surface area contributed by atoms with Crippen LogP contribution in [0.5, 0.6) is 0 Å². The molecule has 2 aromatic carbocycles. The van der Waals surface area contributed by atoms with Crippen LogP contribution < -0.4 is 5.56 Å². The van der Waals surface area contributed by atoms with Crippen molar-refractivity contribution in [2.45, 2.75) is 13.8 Å². The normalized spacial score (nSPS) is 11.5. The van der Waals surface area contributed by atoms with Gasteiger partial charge in [-0.05, 0) is 38.1 Å². The van der Waals surface area contributed by atoms with Crippen LogP contribution in [-0.2, 0) is 0 Å². The molecule has 134 valence electrons. The first-order valence-corrected chi connectivity index (χ1v) is 8.77. The third-order valence-corrected chi connectivity index (χ3v) is 4.63. The summed E-state index contributed by atoms with van der Waals surface area (Å²) in [6.45, 7) is 3.59. The van der Waals surface area contributed by atoms with Gasteiger partial charge in [0.15, 0.2) is 0 Å². The third-order valence-electron chi connectivity index (χ3n) is 4.27. The molecule has 0 aliphatic carbocycles. The second-order valence-corrected chi connectivity index (χ2v) is 6.43. The van der Waals surface area contributed by atoms with Gasteiger partial charge in [0.25, 0.3) is 5.56 Å². The predicted octanol–water partition coefficient (Wildman–Crippen LogP) is 3.73. The smallest absolute Gasteiger partial charge is 0.267 e. The van der Waals surface area contributed by atoms with E-state index in [1.807, 2.05) is 49.4 Å². The van der Waals surface area contributed by atoms with Crippen molar-refractivity contribution in [3.05, 3.63) is 87.2 Å². The molecule has 2 aromatic heterocycles. The topological polar surface area (TPSA) is 65.1 Å². The molecule has 0 radical (unpaired) electrons. The summed E-state index contributed by atoms with van der Waals surface area (Å²) >= 11 is 6.51. The summed E-state index contributed by atoms with van der Waals surface area (Å²) in [5.74, 6) is 0.499. The van der Waals surface area contributed by atoms with Crippen molar-refractivity contribution in [2.75, 3.05) is 0 Å². The molecule has 7 heteroatoms. The first kappa shape index (κ1) is 17.2. The fraction of sp³-hybridized carbons (Fsp3) is 0.100. The second kappa shape index (κ2) is 6.81. The Morgan fingerprint density at radius 2 is 1.74 bits per heavy atom. The van der Waals surface area contributed by atoms with Crippen molar-refractivity contribution in [2.24, 2.45) is 5.10 Å². The summed E-state index contributed by atoms with van der Waals surface area (Å²) in [6, 6.07) is 16.8. The Kier molecular flexibility index (Phi) is 4.33. The molecule has 0 fully saturated rings. The molecule has 0 bridgehead atoms. The number of nitrogens with zero attached hydrogens (tertiary/aromatic N) is 5. The first-order chi connectivity index (χ1) is 13.1. The molecule has 0 spiro atoms. The highest BCUT2D eigenvalue weighted by Gasteiger charge is 2.13. The molecular weight excluding hydrogens is 362 g/mol. The van der Waals surface area contributed by atoms with Crippen LogP contribution in [0.1, 0.15) is 17.1 Å². The van der Waals surface area contributed by atoms with E-state index in [0.29, 0.717) is 33.1 Å². The van der Waals surface area contributed by atoms with Crippen molar-refractivity contribution in [1.82, 2.24) is 19.4 Å². The van der Waals surface area contributed by atoms with Gasteiger partial charge < -0.3 is 0 Å². The highest BCUT2D eigenvalue weighted by molar-refractivity contribution is 6.32. The lowest BCUT2D eigenvalue weighted by atomic mass is 10.2. The Morgan fingerprint density at radius 1 is 1.04 bits per heavy atom. The number of benzene rings is 2. The molecule has 0 N–H and O–H groups in total. The monoisotopic (exact) mass is 377 g/mol. The molecule has 0 saturated carbocycles. The van der Waals surface area contributed by atoms with Crippen molar-refractivity contribution < 1.29 is 0 Å². The van der Waals surface area contributed by atoms with Crippen LogP contribution in [0.3, 0.4) is 0 Å². The number of hydrogen-bond donors (Lipinski definition) is 0. The molecule has 0 saturated heterocycles. The van der Waals surface area contributed by atoms with E-state index in [1.165, 1.54) is 4.68 Å². The summed E-state index contributed by atoms with van der Waals surface area (Å²) < 4.78 is 2.92. The van der Waals surface area contributed by atoms with Gasteiger partial charge in [-0.2, -0.15) is 14.9 Å². The largest absolute Gasteiger partial charge is 0.282 e. The lowest BCUT2D eigenvalue weighted by Crippen LogP contribution is -2.20. The molecule has 4 aromatic rings. The van der Waals surface area contributed by atoms with Crippen molar-refractivity contribution in [1.29, 1.82) is 0 Å². The zero-order valence-electron chi connectivity index (χ0n) is 14.8. The van der Waals surface area contributed by atoms with Crippen LogP contribution in [0.2, 0.25) is 5.15 Å². The van der Waals surface area contributed by atoms with Gasteiger partial charge in [-0.3, -0.25) is 4.79 Å². The average molecular weight is 378 g/mol. The molecule has 0 unspecified atom stereocenters. The standard InChI is InChI=1S/C20H16ClN5O/c1-13-17(19(21)26(24-13)15-8-4-3-5-9-15)12-22-25-14(2)23-18-11-7-6-10-16(18)20(25)27/h3-12H,1-2H3.